The number of nitrogens with one attached hydrogen (secondary N) is 1. The van der Waals surface area contributed by atoms with Crippen molar-refractivity contribution in [3.63, 3.8) is 0 Å². The molecule has 1 amide bonds. The van der Waals surface area contributed by atoms with E-state index in [1.165, 1.54) is 18.2 Å². The molecule has 0 aliphatic carbocycles. The van der Waals surface area contributed by atoms with Gasteiger partial charge in [-0.15, -0.1) is 0 Å². The first kappa shape index (κ1) is 18.6. The SMILES string of the molecule is CCc1cccc(CC)c1NC(=O)/C=C/c1ccc(OC(F)F)cc1. The molecule has 0 aliphatic rings. The Morgan fingerprint density at radius 1 is 1.08 bits per heavy atom. The predicted molar refractivity (Wildman–Crippen MR) is 95.9 cm³/mol. The molecule has 0 saturated heterocycles. The molecule has 132 valence electrons. The maximum Gasteiger partial charge on any atom is 0.387 e. The van der Waals surface area contributed by atoms with Crippen molar-refractivity contribution >= 4 is 17.7 Å². The van der Waals surface area contributed by atoms with Crippen LogP contribution >= 0.6 is 0 Å². The molecule has 2 aromatic carbocycles. The number of hydrogen-bond acceptors (Lipinski definition) is 2. The molecule has 0 atom stereocenters. The normalized spacial score (nSPS) is 11.1. The fourth-order valence-corrected chi connectivity index (χ4v) is 2.50. The van der Waals surface area contributed by atoms with Gasteiger partial charge in [-0.2, -0.15) is 8.78 Å². The highest BCUT2D eigenvalue weighted by Crippen LogP contribution is 2.22. The number of alkyl halides is 2. The molecule has 0 radical (unpaired) electrons. The van der Waals surface area contributed by atoms with Gasteiger partial charge < -0.3 is 10.1 Å². The molecule has 0 unspecified atom stereocenters. The zero-order chi connectivity index (χ0) is 18.2. The van der Waals surface area contributed by atoms with E-state index in [0.717, 1.165) is 35.2 Å². The minimum absolute atomic E-state index is 0.0843. The standard InChI is InChI=1S/C20H21F2NO2/c1-3-15-6-5-7-16(4-2)19(15)23-18(24)13-10-14-8-11-17(12-9-14)25-20(21)22/h5-13,20H,3-4H2,1-2H3,(H,23,24)/b13-10+. The Morgan fingerprint density at radius 3 is 2.20 bits per heavy atom. The average Bonchev–Trinajstić information content (AvgIpc) is 2.60. The summed E-state index contributed by atoms with van der Waals surface area (Å²) in [4.78, 5) is 12.2. The van der Waals surface area contributed by atoms with Gasteiger partial charge in [0.1, 0.15) is 5.75 Å². The lowest BCUT2D eigenvalue weighted by molar-refractivity contribution is -0.111. The molecule has 25 heavy (non-hydrogen) atoms. The van der Waals surface area contributed by atoms with Crippen LogP contribution in [0.15, 0.2) is 48.5 Å². The topological polar surface area (TPSA) is 38.3 Å². The van der Waals surface area contributed by atoms with E-state index in [1.807, 2.05) is 32.0 Å². The lowest BCUT2D eigenvalue weighted by Crippen LogP contribution is -2.11. The van der Waals surface area contributed by atoms with E-state index in [-0.39, 0.29) is 11.7 Å². The van der Waals surface area contributed by atoms with E-state index in [1.54, 1.807) is 18.2 Å². The summed E-state index contributed by atoms with van der Waals surface area (Å²) in [6, 6.07) is 12.1. The number of anilines is 1. The van der Waals surface area contributed by atoms with Gasteiger partial charge in [-0.3, -0.25) is 4.79 Å². The van der Waals surface area contributed by atoms with Crippen LogP contribution < -0.4 is 10.1 Å². The van der Waals surface area contributed by atoms with Gasteiger partial charge in [-0.05, 0) is 47.7 Å². The Bertz CT molecular complexity index is 718. The quantitative estimate of drug-likeness (QED) is 0.712. The number of carbonyl (C=O) groups is 1. The Morgan fingerprint density at radius 2 is 1.68 bits per heavy atom. The number of para-hydroxylation sites is 1. The third-order valence-corrected chi connectivity index (χ3v) is 3.78. The fourth-order valence-electron chi connectivity index (χ4n) is 2.50. The molecule has 3 nitrogen and oxygen atoms in total. The maximum atomic E-state index is 12.2. The second kappa shape index (κ2) is 8.97. The highest BCUT2D eigenvalue weighted by molar-refractivity contribution is 6.02. The Labute approximate surface area is 146 Å². The van der Waals surface area contributed by atoms with Crippen LogP contribution in [0.3, 0.4) is 0 Å². The van der Waals surface area contributed by atoms with Gasteiger partial charge in [-0.25, -0.2) is 0 Å². The molecule has 0 spiro atoms. The molecule has 0 bridgehead atoms. The summed E-state index contributed by atoms with van der Waals surface area (Å²) in [5, 5.41) is 2.94. The molecular weight excluding hydrogens is 324 g/mol. The smallest absolute Gasteiger partial charge is 0.387 e. The van der Waals surface area contributed by atoms with Crippen LogP contribution in [-0.4, -0.2) is 12.5 Å². The molecule has 2 rings (SSSR count). The zero-order valence-corrected chi connectivity index (χ0v) is 14.3. The summed E-state index contributed by atoms with van der Waals surface area (Å²) in [5.74, 6) is -0.149. The van der Waals surface area contributed by atoms with E-state index < -0.39 is 6.61 Å². The lowest BCUT2D eigenvalue weighted by atomic mass is 10.0. The summed E-state index contributed by atoms with van der Waals surface area (Å²) in [6.45, 7) is 1.24. The molecule has 2 aromatic rings. The molecule has 0 fully saturated rings. The Balaban J connectivity index is 2.06. The Kier molecular flexibility index (Phi) is 6.69. The minimum Gasteiger partial charge on any atom is -0.435 e. The molecule has 0 heterocycles. The maximum absolute atomic E-state index is 12.2. The summed E-state index contributed by atoms with van der Waals surface area (Å²) in [7, 11) is 0. The first-order valence-electron chi connectivity index (χ1n) is 8.18. The second-order valence-corrected chi connectivity index (χ2v) is 5.43. The van der Waals surface area contributed by atoms with Crippen LogP contribution in [0.1, 0.15) is 30.5 Å². The Hall–Kier alpha value is -2.69. The van der Waals surface area contributed by atoms with Crippen LogP contribution in [0, 0.1) is 0 Å². The zero-order valence-electron chi connectivity index (χ0n) is 14.3. The van der Waals surface area contributed by atoms with Crippen LogP contribution in [0.2, 0.25) is 0 Å². The molecule has 0 aromatic heterocycles. The monoisotopic (exact) mass is 345 g/mol. The van der Waals surface area contributed by atoms with E-state index >= 15 is 0 Å². The van der Waals surface area contributed by atoms with E-state index in [0.29, 0.717) is 0 Å². The van der Waals surface area contributed by atoms with Crippen molar-refractivity contribution in [2.24, 2.45) is 0 Å². The van der Waals surface area contributed by atoms with Crippen LogP contribution in [-0.2, 0) is 17.6 Å². The molecular formula is C20H21F2NO2. The van der Waals surface area contributed by atoms with Crippen LogP contribution in [0.4, 0.5) is 14.5 Å². The summed E-state index contributed by atoms with van der Waals surface area (Å²) in [6.07, 6.45) is 4.72. The number of amides is 1. The molecule has 5 heteroatoms. The number of benzene rings is 2. The van der Waals surface area contributed by atoms with E-state index in [2.05, 4.69) is 10.1 Å². The van der Waals surface area contributed by atoms with Gasteiger partial charge in [-0.1, -0.05) is 44.2 Å². The third-order valence-electron chi connectivity index (χ3n) is 3.78. The summed E-state index contributed by atoms with van der Waals surface area (Å²) >= 11 is 0. The first-order valence-corrected chi connectivity index (χ1v) is 8.18. The highest BCUT2D eigenvalue weighted by atomic mass is 19.3. The van der Waals surface area contributed by atoms with Crippen molar-refractivity contribution in [2.75, 3.05) is 5.32 Å². The van der Waals surface area contributed by atoms with Gasteiger partial charge in [0.15, 0.2) is 0 Å². The van der Waals surface area contributed by atoms with Gasteiger partial charge >= 0.3 is 6.61 Å². The molecule has 0 aliphatic heterocycles. The van der Waals surface area contributed by atoms with Crippen LogP contribution in [0.25, 0.3) is 6.08 Å². The summed E-state index contributed by atoms with van der Waals surface area (Å²) in [5.41, 5.74) is 3.77. The molecule has 0 saturated carbocycles. The van der Waals surface area contributed by atoms with Crippen molar-refractivity contribution in [3.8, 4) is 5.75 Å². The first-order chi connectivity index (χ1) is 12.0. The van der Waals surface area contributed by atoms with Crippen molar-refractivity contribution in [1.82, 2.24) is 0 Å². The fraction of sp³-hybridized carbons (Fsp3) is 0.250. The predicted octanol–water partition coefficient (Wildman–Crippen LogP) is 5.06. The number of rotatable bonds is 7. The van der Waals surface area contributed by atoms with Crippen molar-refractivity contribution in [3.05, 3.63) is 65.2 Å². The largest absolute Gasteiger partial charge is 0.435 e. The summed E-state index contributed by atoms with van der Waals surface area (Å²) < 4.78 is 28.5. The van der Waals surface area contributed by atoms with Crippen molar-refractivity contribution < 1.29 is 18.3 Å². The number of aryl methyl sites for hydroxylation is 2. The average molecular weight is 345 g/mol. The number of hydrogen-bond donors (Lipinski definition) is 1. The number of halogens is 2. The number of carbonyl (C=O) groups excluding carboxylic acids is 1. The number of ether oxygens (including phenoxy) is 1. The van der Waals surface area contributed by atoms with Gasteiger partial charge in [0.2, 0.25) is 5.91 Å². The third kappa shape index (κ3) is 5.41. The van der Waals surface area contributed by atoms with Gasteiger partial charge in [0, 0.05) is 11.8 Å². The second-order valence-electron chi connectivity index (χ2n) is 5.43. The van der Waals surface area contributed by atoms with E-state index in [9.17, 15) is 13.6 Å². The van der Waals surface area contributed by atoms with Crippen LogP contribution in [0.5, 0.6) is 5.75 Å². The van der Waals surface area contributed by atoms with Crippen molar-refractivity contribution in [2.45, 2.75) is 33.3 Å². The minimum atomic E-state index is -2.85. The van der Waals surface area contributed by atoms with Gasteiger partial charge in [0.25, 0.3) is 0 Å². The van der Waals surface area contributed by atoms with Crippen molar-refractivity contribution in [1.29, 1.82) is 0 Å². The highest BCUT2D eigenvalue weighted by Gasteiger charge is 2.08. The van der Waals surface area contributed by atoms with Gasteiger partial charge in [0.05, 0.1) is 0 Å². The molecule has 1 N–H and O–H groups in total. The van der Waals surface area contributed by atoms with E-state index in [4.69, 9.17) is 0 Å². The lowest BCUT2D eigenvalue weighted by Gasteiger charge is -2.13.